The average Bonchev–Trinajstić information content (AvgIpc) is 2.74. The molecule has 2 nitrogen and oxygen atoms in total. The zero-order valence-corrected chi connectivity index (χ0v) is 9.94. The second-order valence-electron chi connectivity index (χ2n) is 3.73. The van der Waals surface area contributed by atoms with Gasteiger partial charge in [-0.1, -0.05) is 24.9 Å². The molecule has 2 rings (SSSR count). The Labute approximate surface area is 93.9 Å². The molecule has 4 heteroatoms. The third-order valence-corrected chi connectivity index (χ3v) is 3.91. The van der Waals surface area contributed by atoms with E-state index >= 15 is 0 Å². The van der Waals surface area contributed by atoms with Crippen LogP contribution in [0.4, 0.5) is 5.13 Å². The Balaban J connectivity index is 2.09. The lowest BCUT2D eigenvalue weighted by atomic mass is 10.1. The number of hydrogen-bond acceptors (Lipinski definition) is 3. The molecule has 0 N–H and O–H groups in total. The molecule has 0 aliphatic carbocycles. The molecular weight excluding hydrogens is 216 g/mol. The molecule has 1 fully saturated rings. The number of thiazole rings is 1. The number of anilines is 1. The van der Waals surface area contributed by atoms with Gasteiger partial charge in [-0.3, -0.25) is 0 Å². The summed E-state index contributed by atoms with van der Waals surface area (Å²) >= 11 is 7.50. The summed E-state index contributed by atoms with van der Waals surface area (Å²) in [4.78, 5) is 6.75. The Morgan fingerprint density at radius 1 is 1.71 bits per heavy atom. The molecule has 14 heavy (non-hydrogen) atoms. The summed E-state index contributed by atoms with van der Waals surface area (Å²) < 4.78 is 0. The maximum absolute atomic E-state index is 5.84. The van der Waals surface area contributed by atoms with Gasteiger partial charge >= 0.3 is 0 Å². The van der Waals surface area contributed by atoms with Crippen molar-refractivity contribution in [2.75, 3.05) is 11.4 Å². The van der Waals surface area contributed by atoms with Crippen LogP contribution >= 0.6 is 22.9 Å². The lowest BCUT2D eigenvalue weighted by Crippen LogP contribution is -2.28. The van der Waals surface area contributed by atoms with Crippen molar-refractivity contribution in [2.24, 2.45) is 0 Å². The van der Waals surface area contributed by atoms with Crippen molar-refractivity contribution in [2.45, 2.75) is 38.6 Å². The third kappa shape index (κ3) is 2.04. The summed E-state index contributed by atoms with van der Waals surface area (Å²) in [6, 6.07) is 0.696. The Morgan fingerprint density at radius 2 is 2.57 bits per heavy atom. The zero-order chi connectivity index (χ0) is 9.97. The fourth-order valence-corrected chi connectivity index (χ4v) is 3.14. The summed E-state index contributed by atoms with van der Waals surface area (Å²) in [6.45, 7) is 3.39. The van der Waals surface area contributed by atoms with Crippen molar-refractivity contribution in [3.05, 3.63) is 10.5 Å². The van der Waals surface area contributed by atoms with Crippen LogP contribution in [0.15, 0.2) is 5.38 Å². The third-order valence-electron chi connectivity index (χ3n) is 2.71. The predicted octanol–water partition coefficient (Wildman–Crippen LogP) is 3.57. The molecule has 0 spiro atoms. The lowest BCUT2D eigenvalue weighted by Gasteiger charge is -2.23. The van der Waals surface area contributed by atoms with Crippen LogP contribution in [0.2, 0.25) is 5.15 Å². The number of nitrogens with zero attached hydrogens (tertiary/aromatic N) is 2. The van der Waals surface area contributed by atoms with E-state index in [-0.39, 0.29) is 0 Å². The van der Waals surface area contributed by atoms with Crippen LogP contribution < -0.4 is 4.90 Å². The molecule has 0 saturated carbocycles. The number of hydrogen-bond donors (Lipinski definition) is 0. The van der Waals surface area contributed by atoms with E-state index in [1.807, 2.05) is 5.38 Å². The first kappa shape index (κ1) is 10.2. The number of aromatic nitrogens is 1. The first-order chi connectivity index (χ1) is 6.81. The molecule has 2 heterocycles. The largest absolute Gasteiger partial charge is 0.345 e. The van der Waals surface area contributed by atoms with Crippen LogP contribution in [-0.2, 0) is 0 Å². The van der Waals surface area contributed by atoms with Crippen molar-refractivity contribution in [3.63, 3.8) is 0 Å². The summed E-state index contributed by atoms with van der Waals surface area (Å²) in [6.07, 6.45) is 5.13. The van der Waals surface area contributed by atoms with E-state index in [1.54, 1.807) is 11.3 Å². The van der Waals surface area contributed by atoms with Gasteiger partial charge in [0, 0.05) is 18.0 Å². The van der Waals surface area contributed by atoms with Gasteiger partial charge in [-0.2, -0.15) is 0 Å². The van der Waals surface area contributed by atoms with E-state index in [9.17, 15) is 0 Å². The average molecular weight is 231 g/mol. The fraction of sp³-hybridized carbons (Fsp3) is 0.700. The van der Waals surface area contributed by atoms with E-state index in [0.717, 1.165) is 11.7 Å². The SMILES string of the molecule is CCCC1CCCN1c1nc(Cl)cs1. The predicted molar refractivity (Wildman–Crippen MR) is 62.4 cm³/mol. The minimum absolute atomic E-state index is 0.632. The van der Waals surface area contributed by atoms with Gasteiger partial charge in [-0.15, -0.1) is 11.3 Å². The molecule has 78 valence electrons. The van der Waals surface area contributed by atoms with Crippen molar-refractivity contribution < 1.29 is 0 Å². The van der Waals surface area contributed by atoms with E-state index < -0.39 is 0 Å². The number of rotatable bonds is 3. The highest BCUT2D eigenvalue weighted by atomic mass is 35.5. The molecule has 1 aliphatic heterocycles. The first-order valence-corrected chi connectivity index (χ1v) is 6.44. The Kier molecular flexibility index (Phi) is 3.29. The van der Waals surface area contributed by atoms with Crippen LogP contribution in [0, 0.1) is 0 Å². The molecule has 0 bridgehead atoms. The quantitative estimate of drug-likeness (QED) is 0.789. The zero-order valence-electron chi connectivity index (χ0n) is 8.37. The van der Waals surface area contributed by atoms with Gasteiger partial charge in [-0.05, 0) is 19.3 Å². The molecule has 1 unspecified atom stereocenters. The van der Waals surface area contributed by atoms with E-state index in [4.69, 9.17) is 11.6 Å². The first-order valence-electron chi connectivity index (χ1n) is 5.19. The highest BCUT2D eigenvalue weighted by Gasteiger charge is 2.25. The van der Waals surface area contributed by atoms with Gasteiger partial charge in [0.2, 0.25) is 0 Å². The lowest BCUT2D eigenvalue weighted by molar-refractivity contribution is 0.599. The Morgan fingerprint density at radius 3 is 3.21 bits per heavy atom. The highest BCUT2D eigenvalue weighted by Crippen LogP contribution is 2.31. The fourth-order valence-electron chi connectivity index (χ4n) is 2.10. The Bertz CT molecular complexity index is 300. The van der Waals surface area contributed by atoms with Crippen molar-refractivity contribution in [3.8, 4) is 0 Å². The molecule has 1 aromatic heterocycles. The van der Waals surface area contributed by atoms with E-state index in [0.29, 0.717) is 11.2 Å². The monoisotopic (exact) mass is 230 g/mol. The van der Waals surface area contributed by atoms with Crippen molar-refractivity contribution in [1.29, 1.82) is 0 Å². The van der Waals surface area contributed by atoms with Crippen LogP contribution in [0.3, 0.4) is 0 Å². The highest BCUT2D eigenvalue weighted by molar-refractivity contribution is 7.14. The summed E-state index contributed by atoms with van der Waals surface area (Å²) in [5.41, 5.74) is 0. The summed E-state index contributed by atoms with van der Waals surface area (Å²) in [5, 5.41) is 3.65. The molecule has 1 saturated heterocycles. The van der Waals surface area contributed by atoms with Gasteiger partial charge in [0.15, 0.2) is 5.13 Å². The van der Waals surface area contributed by atoms with Crippen LogP contribution in [-0.4, -0.2) is 17.6 Å². The molecular formula is C10H15ClN2S. The van der Waals surface area contributed by atoms with Crippen molar-refractivity contribution >= 4 is 28.1 Å². The van der Waals surface area contributed by atoms with Crippen LogP contribution in [0.5, 0.6) is 0 Å². The number of halogens is 1. The molecule has 1 aliphatic rings. The molecule has 0 amide bonds. The molecule has 0 radical (unpaired) electrons. The standard InChI is InChI=1S/C10H15ClN2S/c1-2-4-8-5-3-6-13(8)10-12-9(11)7-14-10/h7-8H,2-6H2,1H3. The second kappa shape index (κ2) is 4.49. The molecule has 1 atom stereocenters. The van der Waals surface area contributed by atoms with Gasteiger partial charge in [-0.25, -0.2) is 4.98 Å². The van der Waals surface area contributed by atoms with Gasteiger partial charge in [0.25, 0.3) is 0 Å². The van der Waals surface area contributed by atoms with Crippen LogP contribution in [0.1, 0.15) is 32.6 Å². The maximum atomic E-state index is 5.84. The van der Waals surface area contributed by atoms with Crippen molar-refractivity contribution in [1.82, 2.24) is 4.98 Å². The summed E-state index contributed by atoms with van der Waals surface area (Å²) in [5.74, 6) is 0. The molecule has 0 aromatic carbocycles. The minimum atomic E-state index is 0.632. The normalized spacial score (nSPS) is 21.9. The molecule has 1 aromatic rings. The topological polar surface area (TPSA) is 16.1 Å². The smallest absolute Gasteiger partial charge is 0.186 e. The second-order valence-corrected chi connectivity index (χ2v) is 4.95. The minimum Gasteiger partial charge on any atom is -0.345 e. The Hall–Kier alpha value is -0.280. The van der Waals surface area contributed by atoms with Gasteiger partial charge in [0.05, 0.1) is 0 Å². The van der Waals surface area contributed by atoms with E-state index in [1.165, 1.54) is 25.7 Å². The van der Waals surface area contributed by atoms with E-state index in [2.05, 4.69) is 16.8 Å². The van der Waals surface area contributed by atoms with Gasteiger partial charge in [0.1, 0.15) is 5.15 Å². The van der Waals surface area contributed by atoms with Crippen LogP contribution in [0.25, 0.3) is 0 Å². The summed E-state index contributed by atoms with van der Waals surface area (Å²) in [7, 11) is 0. The van der Waals surface area contributed by atoms with Gasteiger partial charge < -0.3 is 4.90 Å². The maximum Gasteiger partial charge on any atom is 0.186 e.